The molecular formula is C18H28BrN. The van der Waals surface area contributed by atoms with Gasteiger partial charge in [-0.25, -0.2) is 0 Å². The lowest BCUT2D eigenvalue weighted by Gasteiger charge is -2.26. The molecule has 1 N–H and O–H groups in total. The van der Waals surface area contributed by atoms with Crippen LogP contribution >= 0.6 is 15.9 Å². The number of hydrogen-bond acceptors (Lipinski definition) is 1. The summed E-state index contributed by atoms with van der Waals surface area (Å²) in [6.07, 6.45) is 7.99. The van der Waals surface area contributed by atoms with Crippen LogP contribution in [0.1, 0.15) is 51.5 Å². The molecule has 0 amide bonds. The molecule has 1 fully saturated rings. The molecule has 1 saturated carbocycles. The molecule has 3 atom stereocenters. The molecule has 2 rings (SSSR count). The van der Waals surface area contributed by atoms with Crippen LogP contribution in [0.2, 0.25) is 0 Å². The van der Waals surface area contributed by atoms with Crippen LogP contribution in [-0.2, 0) is 6.42 Å². The van der Waals surface area contributed by atoms with Crippen LogP contribution in [0.25, 0.3) is 0 Å². The fourth-order valence-electron chi connectivity index (χ4n) is 3.49. The van der Waals surface area contributed by atoms with E-state index >= 15 is 0 Å². The highest BCUT2D eigenvalue weighted by molar-refractivity contribution is 9.10. The third kappa shape index (κ3) is 4.33. The van der Waals surface area contributed by atoms with Crippen LogP contribution in [0.5, 0.6) is 0 Å². The molecular weight excluding hydrogens is 310 g/mol. The maximum absolute atomic E-state index is 3.81. The van der Waals surface area contributed by atoms with E-state index in [1.54, 1.807) is 0 Å². The van der Waals surface area contributed by atoms with Gasteiger partial charge in [0.15, 0.2) is 0 Å². The van der Waals surface area contributed by atoms with E-state index in [0.29, 0.717) is 6.04 Å². The minimum absolute atomic E-state index is 0.644. The minimum atomic E-state index is 0.644. The number of benzene rings is 1. The number of hydrogen-bond donors (Lipinski definition) is 1. The van der Waals surface area contributed by atoms with Crippen molar-refractivity contribution in [3.8, 4) is 0 Å². The average molecular weight is 338 g/mol. The van der Waals surface area contributed by atoms with Crippen molar-refractivity contribution in [3.05, 3.63) is 34.3 Å². The third-order valence-corrected chi connectivity index (χ3v) is 5.56. The Balaban J connectivity index is 2.02. The van der Waals surface area contributed by atoms with Crippen LogP contribution in [0.15, 0.2) is 28.7 Å². The van der Waals surface area contributed by atoms with Gasteiger partial charge in [0.05, 0.1) is 0 Å². The molecule has 3 unspecified atom stereocenters. The second-order valence-electron chi connectivity index (χ2n) is 6.20. The van der Waals surface area contributed by atoms with E-state index in [1.807, 2.05) is 0 Å². The predicted octanol–water partition coefficient (Wildman–Crippen LogP) is 5.19. The smallest absolute Gasteiger partial charge is 0.0207 e. The van der Waals surface area contributed by atoms with Gasteiger partial charge in [-0.15, -0.1) is 0 Å². The summed E-state index contributed by atoms with van der Waals surface area (Å²) in [7, 11) is 0. The summed E-state index contributed by atoms with van der Waals surface area (Å²) < 4.78 is 1.26. The number of halogens is 1. The monoisotopic (exact) mass is 337 g/mol. The molecule has 1 aromatic rings. The third-order valence-electron chi connectivity index (χ3n) is 4.78. The van der Waals surface area contributed by atoms with E-state index in [-0.39, 0.29) is 0 Å². The van der Waals surface area contributed by atoms with Crippen LogP contribution < -0.4 is 5.32 Å². The molecule has 0 radical (unpaired) electrons. The predicted molar refractivity (Wildman–Crippen MR) is 91.0 cm³/mol. The van der Waals surface area contributed by atoms with E-state index in [0.717, 1.165) is 24.8 Å². The molecule has 1 nitrogen and oxygen atoms in total. The molecule has 2 heteroatoms. The van der Waals surface area contributed by atoms with Gasteiger partial charge >= 0.3 is 0 Å². The van der Waals surface area contributed by atoms with Crippen molar-refractivity contribution in [2.45, 2.75) is 58.4 Å². The van der Waals surface area contributed by atoms with Crippen molar-refractivity contribution in [1.82, 2.24) is 5.32 Å². The van der Waals surface area contributed by atoms with Crippen molar-refractivity contribution >= 4 is 15.9 Å². The van der Waals surface area contributed by atoms with E-state index in [4.69, 9.17) is 0 Å². The van der Waals surface area contributed by atoms with Crippen LogP contribution in [-0.4, -0.2) is 12.6 Å². The Kier molecular flexibility index (Phi) is 6.57. The molecule has 0 aromatic heterocycles. The fraction of sp³-hybridized carbons (Fsp3) is 0.667. The van der Waals surface area contributed by atoms with Crippen molar-refractivity contribution in [1.29, 1.82) is 0 Å². The molecule has 1 aromatic carbocycles. The highest BCUT2D eigenvalue weighted by atomic mass is 79.9. The van der Waals surface area contributed by atoms with Crippen molar-refractivity contribution in [2.75, 3.05) is 6.54 Å². The Morgan fingerprint density at radius 2 is 2.05 bits per heavy atom. The van der Waals surface area contributed by atoms with Crippen LogP contribution in [0.4, 0.5) is 0 Å². The first-order valence-electron chi connectivity index (χ1n) is 8.21. The summed E-state index contributed by atoms with van der Waals surface area (Å²) in [5, 5.41) is 3.81. The van der Waals surface area contributed by atoms with Gasteiger partial charge < -0.3 is 5.32 Å². The van der Waals surface area contributed by atoms with Gasteiger partial charge in [0.25, 0.3) is 0 Å². The van der Waals surface area contributed by atoms with Gasteiger partial charge in [0.2, 0.25) is 0 Å². The highest BCUT2D eigenvalue weighted by Gasteiger charge is 2.29. The number of nitrogens with one attached hydrogen (secondary N) is 1. The van der Waals surface area contributed by atoms with Crippen molar-refractivity contribution < 1.29 is 0 Å². The second kappa shape index (κ2) is 8.19. The Morgan fingerprint density at radius 1 is 1.25 bits per heavy atom. The summed E-state index contributed by atoms with van der Waals surface area (Å²) in [6.45, 7) is 5.74. The summed E-state index contributed by atoms with van der Waals surface area (Å²) in [5.41, 5.74) is 1.45. The highest BCUT2D eigenvalue weighted by Crippen LogP contribution is 2.36. The van der Waals surface area contributed by atoms with Gasteiger partial charge in [-0.2, -0.15) is 0 Å². The first-order chi connectivity index (χ1) is 9.74. The summed E-state index contributed by atoms with van der Waals surface area (Å²) >= 11 is 3.70. The Hall–Kier alpha value is -0.340. The Labute approximate surface area is 132 Å². The zero-order chi connectivity index (χ0) is 14.4. The van der Waals surface area contributed by atoms with Gasteiger partial charge in [-0.05, 0) is 55.7 Å². The molecule has 1 aliphatic carbocycles. The summed E-state index contributed by atoms with van der Waals surface area (Å²) in [4.78, 5) is 0. The Bertz CT molecular complexity index is 404. The van der Waals surface area contributed by atoms with E-state index in [2.05, 4.69) is 59.4 Å². The van der Waals surface area contributed by atoms with E-state index in [9.17, 15) is 0 Å². The molecule has 0 bridgehead atoms. The topological polar surface area (TPSA) is 12.0 Å². The standard InChI is InChI=1S/C18H28BrN/c1-3-11-20-18(16-10-9-14(4-2)12-16)13-15-7-5-6-8-17(15)19/h5-8,14,16,18,20H,3-4,9-13H2,1-2H3. The molecule has 0 saturated heterocycles. The number of rotatable bonds is 7. The minimum Gasteiger partial charge on any atom is -0.313 e. The molecule has 1 aliphatic rings. The molecule has 0 aliphatic heterocycles. The lowest BCUT2D eigenvalue weighted by atomic mass is 9.91. The van der Waals surface area contributed by atoms with Crippen molar-refractivity contribution in [3.63, 3.8) is 0 Å². The van der Waals surface area contributed by atoms with Crippen LogP contribution in [0.3, 0.4) is 0 Å². The summed E-state index contributed by atoms with van der Waals surface area (Å²) in [5.74, 6) is 1.82. The first-order valence-corrected chi connectivity index (χ1v) is 9.00. The van der Waals surface area contributed by atoms with Gasteiger partial charge in [-0.3, -0.25) is 0 Å². The normalized spacial score (nSPS) is 23.9. The van der Waals surface area contributed by atoms with Crippen molar-refractivity contribution in [2.24, 2.45) is 11.8 Å². The molecule has 0 heterocycles. The lowest BCUT2D eigenvalue weighted by Crippen LogP contribution is -2.37. The zero-order valence-electron chi connectivity index (χ0n) is 12.9. The second-order valence-corrected chi connectivity index (χ2v) is 7.06. The first kappa shape index (κ1) is 16.0. The van der Waals surface area contributed by atoms with E-state index in [1.165, 1.54) is 42.1 Å². The molecule has 20 heavy (non-hydrogen) atoms. The quantitative estimate of drug-likeness (QED) is 0.722. The maximum Gasteiger partial charge on any atom is 0.0207 e. The van der Waals surface area contributed by atoms with E-state index < -0.39 is 0 Å². The largest absolute Gasteiger partial charge is 0.313 e. The molecule has 0 spiro atoms. The van der Waals surface area contributed by atoms with Gasteiger partial charge in [0.1, 0.15) is 0 Å². The molecule has 112 valence electrons. The van der Waals surface area contributed by atoms with Gasteiger partial charge in [0, 0.05) is 10.5 Å². The van der Waals surface area contributed by atoms with Gasteiger partial charge in [-0.1, -0.05) is 60.8 Å². The maximum atomic E-state index is 3.81. The zero-order valence-corrected chi connectivity index (χ0v) is 14.5. The lowest BCUT2D eigenvalue weighted by molar-refractivity contribution is 0.343. The summed E-state index contributed by atoms with van der Waals surface area (Å²) in [6, 6.07) is 9.32. The SMILES string of the molecule is CCCNC(Cc1ccccc1Br)C1CCC(CC)C1. The average Bonchev–Trinajstić information content (AvgIpc) is 2.94. The van der Waals surface area contributed by atoms with Crippen LogP contribution in [0, 0.1) is 11.8 Å². The fourth-order valence-corrected chi connectivity index (χ4v) is 3.93. The Morgan fingerprint density at radius 3 is 2.70 bits per heavy atom.